The zero-order valence-electron chi connectivity index (χ0n) is 12.7. The molecule has 4 nitrogen and oxygen atoms in total. The fraction of sp³-hybridized carbons (Fsp3) is 0.533. The van der Waals surface area contributed by atoms with E-state index in [4.69, 9.17) is 15.0 Å². The molecule has 1 aromatic carbocycles. The molecule has 0 saturated carbocycles. The third-order valence-electron chi connectivity index (χ3n) is 4.22. The van der Waals surface area contributed by atoms with Gasteiger partial charge in [-0.25, -0.2) is 0 Å². The minimum Gasteiger partial charge on any atom is -0.399 e. The van der Waals surface area contributed by atoms with E-state index in [9.17, 15) is 5.26 Å². The predicted octanol–water partition coefficient (Wildman–Crippen LogP) is 1.88. The van der Waals surface area contributed by atoms with Crippen molar-refractivity contribution < 1.29 is 9.31 Å². The Kier molecular flexibility index (Phi) is 3.68. The summed E-state index contributed by atoms with van der Waals surface area (Å²) in [5.74, 6) is 0. The van der Waals surface area contributed by atoms with E-state index in [-0.39, 0.29) is 6.04 Å². The standard InChI is InChI=1S/C15H21BN2O2/c1-10(18)13-11(9-17)7-6-8-12(13)16-19-14(2,3)15(4,5)20-16/h6-8,10H,18H2,1-5H3. The molecule has 20 heavy (non-hydrogen) atoms. The van der Waals surface area contributed by atoms with Crippen LogP contribution in [0.3, 0.4) is 0 Å². The zero-order chi connectivity index (χ0) is 15.1. The van der Waals surface area contributed by atoms with Crippen LogP contribution < -0.4 is 11.2 Å². The first-order valence-corrected chi connectivity index (χ1v) is 6.84. The maximum Gasteiger partial charge on any atom is 0.495 e. The summed E-state index contributed by atoms with van der Waals surface area (Å²) in [7, 11) is -0.491. The van der Waals surface area contributed by atoms with Crippen LogP contribution in [-0.4, -0.2) is 18.3 Å². The monoisotopic (exact) mass is 272 g/mol. The Hall–Kier alpha value is -1.35. The van der Waals surface area contributed by atoms with Crippen LogP contribution in [0.1, 0.15) is 51.8 Å². The van der Waals surface area contributed by atoms with Gasteiger partial charge >= 0.3 is 7.12 Å². The number of nitrogens with zero attached hydrogens (tertiary/aromatic N) is 1. The van der Waals surface area contributed by atoms with Gasteiger partial charge in [0.05, 0.1) is 22.8 Å². The molecule has 1 aliphatic heterocycles. The average Bonchev–Trinajstić information content (AvgIpc) is 2.57. The van der Waals surface area contributed by atoms with Gasteiger partial charge < -0.3 is 15.0 Å². The number of nitriles is 1. The van der Waals surface area contributed by atoms with Gasteiger partial charge in [-0.05, 0) is 51.7 Å². The van der Waals surface area contributed by atoms with Gasteiger partial charge in [0.1, 0.15) is 0 Å². The van der Waals surface area contributed by atoms with E-state index < -0.39 is 18.3 Å². The van der Waals surface area contributed by atoms with Crippen molar-refractivity contribution in [2.24, 2.45) is 5.73 Å². The van der Waals surface area contributed by atoms with Gasteiger partial charge in [-0.3, -0.25) is 0 Å². The molecule has 106 valence electrons. The Balaban J connectivity index is 2.48. The minimum absolute atomic E-state index is 0.250. The summed E-state index contributed by atoms with van der Waals surface area (Å²) in [6, 6.07) is 7.47. The van der Waals surface area contributed by atoms with Gasteiger partial charge in [-0.15, -0.1) is 0 Å². The van der Waals surface area contributed by atoms with Crippen LogP contribution in [0, 0.1) is 11.3 Å². The van der Waals surface area contributed by atoms with Gasteiger partial charge in [0.2, 0.25) is 0 Å². The van der Waals surface area contributed by atoms with E-state index in [1.165, 1.54) is 0 Å². The van der Waals surface area contributed by atoms with Gasteiger partial charge in [0.25, 0.3) is 0 Å². The molecule has 0 aromatic heterocycles. The summed E-state index contributed by atoms with van der Waals surface area (Å²) in [4.78, 5) is 0. The van der Waals surface area contributed by atoms with Crippen molar-refractivity contribution in [1.29, 1.82) is 5.26 Å². The Morgan fingerprint density at radius 1 is 1.20 bits per heavy atom. The maximum absolute atomic E-state index is 9.25. The first-order chi connectivity index (χ1) is 9.19. The summed E-state index contributed by atoms with van der Waals surface area (Å²) in [5.41, 5.74) is 7.44. The second-order valence-electron chi connectivity index (χ2n) is 6.30. The Morgan fingerprint density at radius 3 is 2.20 bits per heavy atom. The molecule has 0 bridgehead atoms. The molecule has 0 spiro atoms. The zero-order valence-corrected chi connectivity index (χ0v) is 12.7. The summed E-state index contributed by atoms with van der Waals surface area (Å²) in [5, 5.41) is 9.25. The predicted molar refractivity (Wildman–Crippen MR) is 79.5 cm³/mol. The van der Waals surface area contributed by atoms with Crippen LogP contribution in [0.4, 0.5) is 0 Å². The molecule has 1 aliphatic rings. The highest BCUT2D eigenvalue weighted by atomic mass is 16.7. The molecular weight excluding hydrogens is 251 g/mol. The molecule has 1 fully saturated rings. The topological polar surface area (TPSA) is 68.3 Å². The van der Waals surface area contributed by atoms with E-state index >= 15 is 0 Å². The minimum atomic E-state index is -0.491. The van der Waals surface area contributed by atoms with Crippen molar-refractivity contribution in [2.75, 3.05) is 0 Å². The lowest BCUT2D eigenvalue weighted by molar-refractivity contribution is 0.00578. The van der Waals surface area contributed by atoms with Crippen LogP contribution in [-0.2, 0) is 9.31 Å². The largest absolute Gasteiger partial charge is 0.495 e. The number of hydrogen-bond donors (Lipinski definition) is 1. The van der Waals surface area contributed by atoms with Crippen LogP contribution in [0.5, 0.6) is 0 Å². The summed E-state index contributed by atoms with van der Waals surface area (Å²) >= 11 is 0. The molecule has 1 saturated heterocycles. The lowest BCUT2D eigenvalue weighted by Gasteiger charge is -2.32. The van der Waals surface area contributed by atoms with Crippen molar-refractivity contribution in [3.8, 4) is 6.07 Å². The van der Waals surface area contributed by atoms with Crippen LogP contribution >= 0.6 is 0 Å². The number of hydrogen-bond acceptors (Lipinski definition) is 4. The van der Waals surface area contributed by atoms with E-state index in [0.29, 0.717) is 5.56 Å². The van der Waals surface area contributed by atoms with Crippen molar-refractivity contribution in [3.63, 3.8) is 0 Å². The molecule has 2 rings (SSSR count). The highest BCUT2D eigenvalue weighted by Gasteiger charge is 2.52. The van der Waals surface area contributed by atoms with Crippen molar-refractivity contribution in [3.05, 3.63) is 29.3 Å². The van der Waals surface area contributed by atoms with Gasteiger partial charge in [0.15, 0.2) is 0 Å². The quantitative estimate of drug-likeness (QED) is 0.834. The SMILES string of the molecule is CC(N)c1c(C#N)cccc1B1OC(C)(C)C(C)(C)O1. The lowest BCUT2D eigenvalue weighted by Crippen LogP contribution is -2.41. The van der Waals surface area contributed by atoms with E-state index in [2.05, 4.69) is 6.07 Å². The molecule has 1 atom stereocenters. The van der Waals surface area contributed by atoms with E-state index in [0.717, 1.165) is 11.0 Å². The smallest absolute Gasteiger partial charge is 0.399 e. The van der Waals surface area contributed by atoms with Gasteiger partial charge in [0, 0.05) is 6.04 Å². The fourth-order valence-corrected chi connectivity index (χ4v) is 2.36. The van der Waals surface area contributed by atoms with Crippen LogP contribution in [0.2, 0.25) is 0 Å². The van der Waals surface area contributed by atoms with Crippen LogP contribution in [0.15, 0.2) is 18.2 Å². The third-order valence-corrected chi connectivity index (χ3v) is 4.22. The second kappa shape index (κ2) is 4.89. The number of rotatable bonds is 2. The van der Waals surface area contributed by atoms with E-state index in [1.54, 1.807) is 6.07 Å². The Labute approximate surface area is 121 Å². The molecule has 0 aliphatic carbocycles. The first-order valence-electron chi connectivity index (χ1n) is 6.84. The molecule has 0 radical (unpaired) electrons. The molecular formula is C15H21BN2O2. The normalized spacial score (nSPS) is 21.6. The molecule has 1 aromatic rings. The van der Waals surface area contributed by atoms with Crippen LogP contribution in [0.25, 0.3) is 0 Å². The van der Waals surface area contributed by atoms with E-state index in [1.807, 2.05) is 46.8 Å². The fourth-order valence-electron chi connectivity index (χ4n) is 2.36. The lowest BCUT2D eigenvalue weighted by atomic mass is 9.73. The third kappa shape index (κ3) is 2.35. The average molecular weight is 272 g/mol. The summed E-state index contributed by atoms with van der Waals surface area (Å²) < 4.78 is 12.1. The van der Waals surface area contributed by atoms with Gasteiger partial charge in [-0.1, -0.05) is 12.1 Å². The highest BCUT2D eigenvalue weighted by Crippen LogP contribution is 2.37. The molecule has 0 amide bonds. The maximum atomic E-state index is 9.25. The molecule has 2 N–H and O–H groups in total. The molecule has 1 heterocycles. The number of nitrogens with two attached hydrogens (primary N) is 1. The first kappa shape index (κ1) is 15.1. The Morgan fingerprint density at radius 2 is 1.75 bits per heavy atom. The Bertz CT molecular complexity index is 545. The summed E-state index contributed by atoms with van der Waals surface area (Å²) in [6.07, 6.45) is 0. The molecule has 1 unspecified atom stereocenters. The highest BCUT2D eigenvalue weighted by molar-refractivity contribution is 6.62. The number of benzene rings is 1. The van der Waals surface area contributed by atoms with Crippen molar-refractivity contribution in [2.45, 2.75) is 51.9 Å². The molecule has 5 heteroatoms. The van der Waals surface area contributed by atoms with Gasteiger partial charge in [-0.2, -0.15) is 5.26 Å². The van der Waals surface area contributed by atoms with Crippen molar-refractivity contribution in [1.82, 2.24) is 0 Å². The second-order valence-corrected chi connectivity index (χ2v) is 6.30. The summed E-state index contributed by atoms with van der Waals surface area (Å²) in [6.45, 7) is 9.89. The van der Waals surface area contributed by atoms with Crippen molar-refractivity contribution >= 4 is 12.6 Å².